The molecule has 6 heteroatoms. The molecule has 1 aromatic heterocycles. The molecule has 0 radical (unpaired) electrons. The van der Waals surface area contributed by atoms with Crippen molar-refractivity contribution in [3.63, 3.8) is 0 Å². The van der Waals surface area contributed by atoms with Crippen molar-refractivity contribution in [1.29, 1.82) is 0 Å². The fraction of sp³-hybridized carbons (Fsp3) is 0.0714. The van der Waals surface area contributed by atoms with Gasteiger partial charge in [-0.1, -0.05) is 23.7 Å². The lowest BCUT2D eigenvalue weighted by Gasteiger charge is -2.04. The van der Waals surface area contributed by atoms with Gasteiger partial charge in [-0.3, -0.25) is 0 Å². The monoisotopic (exact) mass is 297 g/mol. The molecule has 0 aliphatic carbocycles. The predicted molar refractivity (Wildman–Crippen MR) is 69.5 cm³/mol. The van der Waals surface area contributed by atoms with Gasteiger partial charge in [-0.2, -0.15) is 13.2 Å². The van der Waals surface area contributed by atoms with Crippen LogP contribution < -0.4 is 0 Å². The van der Waals surface area contributed by atoms with Crippen LogP contribution in [0.1, 0.15) is 5.56 Å². The third kappa shape index (κ3) is 2.25. The molecule has 0 bridgehead atoms. The normalized spacial score (nSPS) is 12.0. The highest BCUT2D eigenvalue weighted by atomic mass is 35.5. The molecule has 1 heterocycles. The number of benzene rings is 2. The predicted octanol–water partition coefficient (Wildman–Crippen LogP) is 5.17. The zero-order valence-electron chi connectivity index (χ0n) is 9.91. The Morgan fingerprint density at radius 3 is 2.50 bits per heavy atom. The van der Waals surface area contributed by atoms with E-state index >= 15 is 0 Å². The quantitative estimate of drug-likeness (QED) is 0.619. The molecule has 0 atom stereocenters. The summed E-state index contributed by atoms with van der Waals surface area (Å²) in [7, 11) is 0. The van der Waals surface area contributed by atoms with Gasteiger partial charge in [-0.15, -0.1) is 0 Å². The van der Waals surface area contributed by atoms with Gasteiger partial charge in [-0.05, 0) is 30.3 Å². The third-order valence-corrected chi connectivity index (χ3v) is 3.15. The van der Waals surface area contributed by atoms with Gasteiger partial charge < -0.3 is 4.42 Å². The van der Waals surface area contributed by atoms with Gasteiger partial charge in [0.2, 0.25) is 5.89 Å². The highest BCUT2D eigenvalue weighted by molar-refractivity contribution is 6.33. The van der Waals surface area contributed by atoms with Crippen LogP contribution in [0, 0.1) is 0 Å². The average Bonchev–Trinajstić information content (AvgIpc) is 2.80. The second kappa shape index (κ2) is 4.52. The van der Waals surface area contributed by atoms with E-state index in [1.807, 2.05) is 0 Å². The van der Waals surface area contributed by atoms with Crippen molar-refractivity contribution in [2.45, 2.75) is 6.18 Å². The van der Waals surface area contributed by atoms with E-state index in [2.05, 4.69) is 4.98 Å². The summed E-state index contributed by atoms with van der Waals surface area (Å²) in [6.07, 6.45) is -4.41. The fourth-order valence-electron chi connectivity index (χ4n) is 1.85. The Hall–Kier alpha value is -2.01. The molecule has 0 fully saturated rings. The minimum atomic E-state index is -4.41. The van der Waals surface area contributed by atoms with Crippen LogP contribution in [0.3, 0.4) is 0 Å². The Morgan fingerprint density at radius 1 is 1.05 bits per heavy atom. The second-order valence-electron chi connectivity index (χ2n) is 4.18. The third-order valence-electron chi connectivity index (χ3n) is 2.82. The Morgan fingerprint density at radius 2 is 1.80 bits per heavy atom. The van der Waals surface area contributed by atoms with Crippen molar-refractivity contribution in [3.8, 4) is 11.5 Å². The van der Waals surface area contributed by atoms with E-state index in [0.29, 0.717) is 10.6 Å². The molecule has 0 saturated carbocycles. The standard InChI is InChI=1S/C14H7ClF3NO/c15-10-4-2-1-3-9(10)13-19-11-7-8(14(16,17)18)5-6-12(11)20-13/h1-7H. The molecule has 0 N–H and O–H groups in total. The molecular weight excluding hydrogens is 291 g/mol. The van der Waals surface area contributed by atoms with Crippen molar-refractivity contribution in [1.82, 2.24) is 4.98 Å². The number of nitrogens with zero attached hydrogens (tertiary/aromatic N) is 1. The van der Waals surface area contributed by atoms with Crippen molar-refractivity contribution in [2.24, 2.45) is 0 Å². The molecule has 2 nitrogen and oxygen atoms in total. The summed E-state index contributed by atoms with van der Waals surface area (Å²) in [6, 6.07) is 10.0. The van der Waals surface area contributed by atoms with E-state index in [4.69, 9.17) is 16.0 Å². The highest BCUT2D eigenvalue weighted by Crippen LogP contribution is 2.34. The first-order valence-electron chi connectivity index (χ1n) is 5.68. The number of halogens is 4. The van der Waals surface area contributed by atoms with Crippen molar-refractivity contribution < 1.29 is 17.6 Å². The van der Waals surface area contributed by atoms with Gasteiger partial charge in [-0.25, -0.2) is 4.98 Å². The van der Waals surface area contributed by atoms with Gasteiger partial charge in [0.1, 0.15) is 5.52 Å². The molecule has 20 heavy (non-hydrogen) atoms. The Labute approximate surface area is 116 Å². The summed E-state index contributed by atoms with van der Waals surface area (Å²) in [5.41, 5.74) is 0.214. The van der Waals surface area contributed by atoms with Crippen molar-refractivity contribution in [2.75, 3.05) is 0 Å². The van der Waals surface area contributed by atoms with E-state index in [0.717, 1.165) is 12.1 Å². The summed E-state index contributed by atoms with van der Waals surface area (Å²) in [5, 5.41) is 0.426. The maximum atomic E-state index is 12.6. The number of fused-ring (bicyclic) bond motifs is 1. The molecular formula is C14H7ClF3NO. The van der Waals surface area contributed by atoms with Crippen LogP contribution in [0.5, 0.6) is 0 Å². The zero-order valence-corrected chi connectivity index (χ0v) is 10.7. The first-order chi connectivity index (χ1) is 9.45. The SMILES string of the molecule is FC(F)(F)c1ccc2oc(-c3ccccc3Cl)nc2c1. The molecule has 2 aromatic carbocycles. The van der Waals surface area contributed by atoms with Gasteiger partial charge in [0.05, 0.1) is 16.1 Å². The number of oxazole rings is 1. The molecule has 102 valence electrons. The number of hydrogen-bond acceptors (Lipinski definition) is 2. The van der Waals surface area contributed by atoms with Crippen LogP contribution >= 0.6 is 11.6 Å². The largest absolute Gasteiger partial charge is 0.436 e. The molecule has 0 unspecified atom stereocenters. The first kappa shape index (κ1) is 13.0. The number of alkyl halides is 3. The molecule has 0 saturated heterocycles. The van der Waals surface area contributed by atoms with Crippen LogP contribution in [-0.2, 0) is 6.18 Å². The van der Waals surface area contributed by atoms with Gasteiger partial charge >= 0.3 is 6.18 Å². The average molecular weight is 298 g/mol. The van der Waals surface area contributed by atoms with Crippen molar-refractivity contribution >= 4 is 22.7 Å². The Balaban J connectivity index is 2.14. The number of hydrogen-bond donors (Lipinski definition) is 0. The van der Waals surface area contributed by atoms with Crippen LogP contribution in [0.2, 0.25) is 5.02 Å². The van der Waals surface area contributed by atoms with Gasteiger partial charge in [0.25, 0.3) is 0 Å². The fourth-order valence-corrected chi connectivity index (χ4v) is 2.07. The van der Waals surface area contributed by atoms with Crippen LogP contribution in [0.15, 0.2) is 46.9 Å². The van der Waals surface area contributed by atoms with E-state index in [1.165, 1.54) is 6.07 Å². The zero-order chi connectivity index (χ0) is 14.3. The molecule has 0 amide bonds. The second-order valence-corrected chi connectivity index (χ2v) is 4.59. The number of rotatable bonds is 1. The minimum absolute atomic E-state index is 0.148. The summed E-state index contributed by atoms with van der Waals surface area (Å²) >= 11 is 6.01. The van der Waals surface area contributed by atoms with E-state index in [-0.39, 0.29) is 17.0 Å². The van der Waals surface area contributed by atoms with E-state index in [9.17, 15) is 13.2 Å². The topological polar surface area (TPSA) is 26.0 Å². The molecule has 0 aliphatic heterocycles. The van der Waals surface area contributed by atoms with Crippen LogP contribution in [0.4, 0.5) is 13.2 Å². The van der Waals surface area contributed by atoms with Crippen LogP contribution in [0.25, 0.3) is 22.6 Å². The molecule has 3 aromatic rings. The lowest BCUT2D eigenvalue weighted by Crippen LogP contribution is -2.03. The summed E-state index contributed by atoms with van der Waals surface area (Å²) in [6.45, 7) is 0. The molecule has 0 aliphatic rings. The first-order valence-corrected chi connectivity index (χ1v) is 6.05. The smallest absolute Gasteiger partial charge is 0.416 e. The summed E-state index contributed by atoms with van der Waals surface area (Å²) < 4.78 is 43.3. The van der Waals surface area contributed by atoms with Gasteiger partial charge in [0, 0.05) is 0 Å². The lowest BCUT2D eigenvalue weighted by atomic mass is 10.2. The number of aromatic nitrogens is 1. The van der Waals surface area contributed by atoms with E-state index in [1.54, 1.807) is 24.3 Å². The summed E-state index contributed by atoms with van der Waals surface area (Å²) in [5.74, 6) is 0.199. The van der Waals surface area contributed by atoms with Crippen LogP contribution in [-0.4, -0.2) is 4.98 Å². The van der Waals surface area contributed by atoms with Crippen molar-refractivity contribution in [3.05, 3.63) is 53.1 Å². The molecule has 0 spiro atoms. The van der Waals surface area contributed by atoms with Gasteiger partial charge in [0.15, 0.2) is 5.58 Å². The highest BCUT2D eigenvalue weighted by Gasteiger charge is 2.31. The minimum Gasteiger partial charge on any atom is -0.436 e. The Kier molecular flexibility index (Phi) is 2.94. The maximum Gasteiger partial charge on any atom is 0.416 e. The summed E-state index contributed by atoms with van der Waals surface area (Å²) in [4.78, 5) is 4.07. The maximum absolute atomic E-state index is 12.6. The Bertz CT molecular complexity index is 779. The lowest BCUT2D eigenvalue weighted by molar-refractivity contribution is -0.137. The van der Waals surface area contributed by atoms with E-state index < -0.39 is 11.7 Å². The molecule has 3 rings (SSSR count).